The average Bonchev–Trinajstić information content (AvgIpc) is 3.12. The Hall–Kier alpha value is -2.73. The summed E-state index contributed by atoms with van der Waals surface area (Å²) in [5, 5.41) is 3.00. The summed E-state index contributed by atoms with van der Waals surface area (Å²) in [7, 11) is 0. The lowest BCUT2D eigenvalue weighted by Crippen LogP contribution is -2.37. The maximum absolute atomic E-state index is 13.1. The highest BCUT2D eigenvalue weighted by atomic mass is 19.1. The highest BCUT2D eigenvalue weighted by molar-refractivity contribution is 5.94. The van der Waals surface area contributed by atoms with Gasteiger partial charge >= 0.3 is 0 Å². The minimum absolute atomic E-state index is 0.0778. The van der Waals surface area contributed by atoms with Crippen LogP contribution in [-0.2, 0) is 0 Å². The molecule has 0 aliphatic carbocycles. The molecule has 0 unspecified atom stereocenters. The van der Waals surface area contributed by atoms with Crippen molar-refractivity contribution in [2.24, 2.45) is 0 Å². The Kier molecular flexibility index (Phi) is 5.16. The van der Waals surface area contributed by atoms with E-state index in [-0.39, 0.29) is 11.7 Å². The van der Waals surface area contributed by atoms with Crippen molar-refractivity contribution in [2.45, 2.75) is 19.3 Å². The molecule has 0 spiro atoms. The maximum Gasteiger partial charge on any atom is 0.252 e. The van der Waals surface area contributed by atoms with Crippen molar-refractivity contribution in [3.05, 3.63) is 60.2 Å². The number of fused-ring (bicyclic) bond motifs is 1. The summed E-state index contributed by atoms with van der Waals surface area (Å²) >= 11 is 0. The standard InChI is InChI=1S/C21H23FN4O/c22-18-7-4-16(5-8-18)19-15-26-14-17(6-9-20(26)24-19)21(27)23-10-13-25-11-2-1-3-12-25/h4-9,14-15H,1-3,10-13H2,(H,23,27). The lowest BCUT2D eigenvalue weighted by molar-refractivity contribution is 0.0946. The van der Waals surface area contributed by atoms with Crippen LogP contribution in [0, 0.1) is 5.82 Å². The summed E-state index contributed by atoms with van der Waals surface area (Å²) in [5.74, 6) is -0.350. The van der Waals surface area contributed by atoms with E-state index in [1.165, 1.54) is 31.4 Å². The van der Waals surface area contributed by atoms with Gasteiger partial charge in [0.25, 0.3) is 5.91 Å². The van der Waals surface area contributed by atoms with Crippen molar-refractivity contribution in [3.8, 4) is 11.3 Å². The molecule has 2 aromatic heterocycles. The zero-order chi connectivity index (χ0) is 18.6. The maximum atomic E-state index is 13.1. The Morgan fingerprint density at radius 3 is 2.59 bits per heavy atom. The number of rotatable bonds is 5. The number of carbonyl (C=O) groups excluding carboxylic acids is 1. The molecule has 0 atom stereocenters. The Bertz CT molecular complexity index is 929. The Morgan fingerprint density at radius 1 is 1.04 bits per heavy atom. The van der Waals surface area contributed by atoms with Gasteiger partial charge in [0.2, 0.25) is 0 Å². The predicted octanol–water partition coefficient (Wildman–Crippen LogP) is 3.36. The molecule has 1 saturated heterocycles. The molecule has 6 heteroatoms. The number of carbonyl (C=O) groups is 1. The SMILES string of the molecule is O=C(NCCN1CCCCC1)c1ccc2nc(-c3ccc(F)cc3)cn2c1. The molecule has 3 aromatic rings. The molecule has 1 fully saturated rings. The van der Waals surface area contributed by atoms with E-state index in [2.05, 4.69) is 15.2 Å². The van der Waals surface area contributed by atoms with Crippen molar-refractivity contribution in [1.29, 1.82) is 0 Å². The van der Waals surface area contributed by atoms with Crippen LogP contribution in [0.25, 0.3) is 16.9 Å². The molecule has 1 amide bonds. The third-order valence-electron chi connectivity index (χ3n) is 5.02. The summed E-state index contributed by atoms with van der Waals surface area (Å²) in [6.07, 6.45) is 7.45. The van der Waals surface area contributed by atoms with E-state index in [4.69, 9.17) is 0 Å². The first-order valence-electron chi connectivity index (χ1n) is 9.44. The zero-order valence-corrected chi connectivity index (χ0v) is 15.2. The fraction of sp³-hybridized carbons (Fsp3) is 0.333. The van der Waals surface area contributed by atoms with Gasteiger partial charge in [-0.25, -0.2) is 9.37 Å². The Balaban J connectivity index is 1.42. The van der Waals surface area contributed by atoms with E-state index in [0.29, 0.717) is 12.1 Å². The molecule has 0 bridgehead atoms. The number of likely N-dealkylation sites (tertiary alicyclic amines) is 1. The summed E-state index contributed by atoms with van der Waals surface area (Å²) in [5.41, 5.74) is 2.94. The molecule has 0 saturated carbocycles. The molecule has 4 rings (SSSR count). The monoisotopic (exact) mass is 366 g/mol. The zero-order valence-electron chi connectivity index (χ0n) is 15.2. The van der Waals surface area contributed by atoms with E-state index >= 15 is 0 Å². The number of piperidine rings is 1. The molecule has 3 heterocycles. The molecule has 140 valence electrons. The second kappa shape index (κ2) is 7.88. The number of nitrogens with zero attached hydrogens (tertiary/aromatic N) is 3. The lowest BCUT2D eigenvalue weighted by atomic mass is 10.1. The highest BCUT2D eigenvalue weighted by Gasteiger charge is 2.12. The van der Waals surface area contributed by atoms with Crippen LogP contribution in [-0.4, -0.2) is 46.4 Å². The summed E-state index contributed by atoms with van der Waals surface area (Å²) in [6, 6.07) is 9.84. The van der Waals surface area contributed by atoms with Crippen LogP contribution in [0.2, 0.25) is 0 Å². The molecule has 0 radical (unpaired) electrons. The fourth-order valence-corrected chi connectivity index (χ4v) is 3.50. The number of aromatic nitrogens is 2. The van der Waals surface area contributed by atoms with Gasteiger partial charge in [-0.05, 0) is 62.3 Å². The van der Waals surface area contributed by atoms with Crippen LogP contribution in [0.4, 0.5) is 4.39 Å². The normalized spacial score (nSPS) is 15.1. The lowest BCUT2D eigenvalue weighted by Gasteiger charge is -2.26. The first-order chi connectivity index (χ1) is 13.2. The van der Waals surface area contributed by atoms with Crippen molar-refractivity contribution in [3.63, 3.8) is 0 Å². The number of pyridine rings is 1. The van der Waals surface area contributed by atoms with Crippen LogP contribution in [0.1, 0.15) is 29.6 Å². The molecular formula is C21H23FN4O. The van der Waals surface area contributed by atoms with E-state index < -0.39 is 0 Å². The second-order valence-electron chi connectivity index (χ2n) is 6.97. The molecule has 1 N–H and O–H groups in total. The third-order valence-corrected chi connectivity index (χ3v) is 5.02. The van der Waals surface area contributed by atoms with Crippen LogP contribution in [0.3, 0.4) is 0 Å². The molecule has 1 aliphatic heterocycles. The summed E-state index contributed by atoms with van der Waals surface area (Å²) in [4.78, 5) is 19.4. The molecule has 1 aromatic carbocycles. The van der Waals surface area contributed by atoms with Crippen molar-refractivity contribution in [2.75, 3.05) is 26.2 Å². The Labute approximate surface area is 157 Å². The van der Waals surface area contributed by atoms with Crippen molar-refractivity contribution < 1.29 is 9.18 Å². The van der Waals surface area contributed by atoms with Crippen molar-refractivity contribution >= 4 is 11.6 Å². The quantitative estimate of drug-likeness (QED) is 0.753. The molecular weight excluding hydrogens is 343 g/mol. The van der Waals surface area contributed by atoms with Crippen LogP contribution in [0.15, 0.2) is 48.8 Å². The minimum Gasteiger partial charge on any atom is -0.351 e. The van der Waals surface area contributed by atoms with Gasteiger partial charge in [-0.15, -0.1) is 0 Å². The minimum atomic E-state index is -0.272. The van der Waals surface area contributed by atoms with Gasteiger partial charge in [0.1, 0.15) is 11.5 Å². The second-order valence-corrected chi connectivity index (χ2v) is 6.97. The van der Waals surface area contributed by atoms with Gasteiger partial charge in [0.15, 0.2) is 0 Å². The largest absolute Gasteiger partial charge is 0.351 e. The summed E-state index contributed by atoms with van der Waals surface area (Å²) in [6.45, 7) is 3.81. The topological polar surface area (TPSA) is 49.6 Å². The van der Waals surface area contributed by atoms with E-state index in [1.807, 2.05) is 16.7 Å². The number of nitrogens with one attached hydrogen (secondary N) is 1. The van der Waals surface area contributed by atoms with Gasteiger partial charge in [-0.3, -0.25) is 4.79 Å². The van der Waals surface area contributed by atoms with Crippen LogP contribution < -0.4 is 5.32 Å². The van der Waals surface area contributed by atoms with Gasteiger partial charge in [-0.2, -0.15) is 0 Å². The fourth-order valence-electron chi connectivity index (χ4n) is 3.50. The number of halogens is 1. The molecule has 27 heavy (non-hydrogen) atoms. The first kappa shape index (κ1) is 17.7. The number of benzene rings is 1. The van der Waals surface area contributed by atoms with Gasteiger partial charge < -0.3 is 14.6 Å². The predicted molar refractivity (Wildman–Crippen MR) is 103 cm³/mol. The Morgan fingerprint density at radius 2 is 1.81 bits per heavy atom. The van der Waals surface area contributed by atoms with Crippen molar-refractivity contribution in [1.82, 2.24) is 19.6 Å². The van der Waals surface area contributed by atoms with Crippen LogP contribution in [0.5, 0.6) is 0 Å². The van der Waals surface area contributed by atoms with Gasteiger partial charge in [0.05, 0.1) is 11.3 Å². The summed E-state index contributed by atoms with van der Waals surface area (Å²) < 4.78 is 14.9. The molecule has 5 nitrogen and oxygen atoms in total. The van der Waals surface area contributed by atoms with Crippen LogP contribution >= 0.6 is 0 Å². The van der Waals surface area contributed by atoms with E-state index in [1.54, 1.807) is 24.4 Å². The van der Waals surface area contributed by atoms with Gasteiger partial charge in [0, 0.05) is 31.0 Å². The van der Waals surface area contributed by atoms with E-state index in [9.17, 15) is 9.18 Å². The smallest absolute Gasteiger partial charge is 0.252 e. The number of hydrogen-bond acceptors (Lipinski definition) is 3. The average molecular weight is 366 g/mol. The van der Waals surface area contributed by atoms with E-state index in [0.717, 1.165) is 36.5 Å². The number of hydrogen-bond donors (Lipinski definition) is 1. The number of imidazole rings is 1. The third kappa shape index (κ3) is 4.17. The highest BCUT2D eigenvalue weighted by Crippen LogP contribution is 2.20. The number of amides is 1. The van der Waals surface area contributed by atoms with Gasteiger partial charge in [-0.1, -0.05) is 6.42 Å². The molecule has 1 aliphatic rings. The first-order valence-corrected chi connectivity index (χ1v) is 9.44.